The monoisotopic (exact) mass is 415 g/mol. The van der Waals surface area contributed by atoms with Gasteiger partial charge in [0.25, 0.3) is 0 Å². The molecule has 1 aromatic carbocycles. The lowest BCUT2D eigenvalue weighted by Crippen LogP contribution is -2.43. The molecule has 0 saturated heterocycles. The van der Waals surface area contributed by atoms with Gasteiger partial charge < -0.3 is 15.5 Å². The minimum absolute atomic E-state index is 0.0478. The normalized spacial score (nSPS) is 16.6. The second-order valence-electron chi connectivity index (χ2n) is 8.97. The van der Waals surface area contributed by atoms with Crippen molar-refractivity contribution < 1.29 is 15.0 Å². The Morgan fingerprint density at radius 1 is 1.24 bits per heavy atom. The zero-order valence-corrected chi connectivity index (χ0v) is 18.5. The third-order valence-corrected chi connectivity index (χ3v) is 7.13. The van der Waals surface area contributed by atoms with Crippen LogP contribution in [0, 0.1) is 5.92 Å². The summed E-state index contributed by atoms with van der Waals surface area (Å²) in [6, 6.07) is 10.7. The lowest BCUT2D eigenvalue weighted by molar-refractivity contribution is -0.137. The number of aliphatic carboxylic acids is 1. The maximum Gasteiger partial charge on any atom is 0.303 e. The van der Waals surface area contributed by atoms with Crippen LogP contribution in [0.2, 0.25) is 0 Å². The number of thiophene rings is 1. The van der Waals surface area contributed by atoms with Gasteiger partial charge in [-0.25, -0.2) is 0 Å². The second-order valence-corrected chi connectivity index (χ2v) is 9.92. The molecule has 0 aliphatic heterocycles. The van der Waals surface area contributed by atoms with E-state index in [1.54, 1.807) is 0 Å². The van der Waals surface area contributed by atoms with Gasteiger partial charge in [-0.3, -0.25) is 4.79 Å². The molecule has 4 nitrogen and oxygen atoms in total. The number of fused-ring (bicyclic) bond motifs is 1. The molecule has 0 fully saturated rings. The van der Waals surface area contributed by atoms with Crippen molar-refractivity contribution in [1.82, 2.24) is 5.32 Å². The summed E-state index contributed by atoms with van der Waals surface area (Å²) >= 11 is 1.52. The van der Waals surface area contributed by atoms with E-state index in [9.17, 15) is 15.0 Å². The highest BCUT2D eigenvalue weighted by Gasteiger charge is 2.29. The zero-order chi connectivity index (χ0) is 21.0. The van der Waals surface area contributed by atoms with Crippen LogP contribution >= 0.6 is 11.3 Å². The van der Waals surface area contributed by atoms with E-state index in [2.05, 4.69) is 43.4 Å². The van der Waals surface area contributed by atoms with Crippen LogP contribution in [0.15, 0.2) is 35.7 Å². The van der Waals surface area contributed by atoms with Gasteiger partial charge in [-0.1, -0.05) is 31.2 Å². The maximum absolute atomic E-state index is 11.2. The molecule has 1 aliphatic rings. The molecule has 158 valence electrons. The van der Waals surface area contributed by atoms with E-state index in [1.807, 2.05) is 18.4 Å². The van der Waals surface area contributed by atoms with Crippen molar-refractivity contribution in [3.05, 3.63) is 57.3 Å². The highest BCUT2D eigenvalue weighted by atomic mass is 32.1. The van der Waals surface area contributed by atoms with Crippen LogP contribution in [0.5, 0.6) is 0 Å². The molecule has 2 unspecified atom stereocenters. The van der Waals surface area contributed by atoms with Gasteiger partial charge in [0.1, 0.15) is 6.10 Å². The van der Waals surface area contributed by atoms with E-state index in [4.69, 9.17) is 0 Å². The number of rotatable bonds is 10. The predicted molar refractivity (Wildman–Crippen MR) is 119 cm³/mol. The van der Waals surface area contributed by atoms with Crippen LogP contribution in [0.3, 0.4) is 0 Å². The Kier molecular flexibility index (Phi) is 7.14. The number of hydrogen-bond donors (Lipinski definition) is 3. The third-order valence-electron chi connectivity index (χ3n) is 6.09. The quantitative estimate of drug-likeness (QED) is 0.515. The maximum atomic E-state index is 11.2. The summed E-state index contributed by atoms with van der Waals surface area (Å²) in [7, 11) is 0. The van der Waals surface area contributed by atoms with E-state index < -0.39 is 12.1 Å². The Morgan fingerprint density at radius 3 is 2.48 bits per heavy atom. The molecular formula is C24H33NO3S. The molecule has 0 amide bonds. The summed E-state index contributed by atoms with van der Waals surface area (Å²) in [5, 5.41) is 25.5. The van der Waals surface area contributed by atoms with E-state index in [0.29, 0.717) is 12.5 Å². The topological polar surface area (TPSA) is 69.6 Å². The van der Waals surface area contributed by atoms with Crippen molar-refractivity contribution in [2.75, 3.05) is 6.54 Å². The van der Waals surface area contributed by atoms with Crippen LogP contribution in [0.1, 0.15) is 73.6 Å². The number of aliphatic hydroxyl groups excluding tert-OH is 1. The fraction of sp³-hybridized carbons (Fsp3) is 0.542. The highest BCUT2D eigenvalue weighted by Crippen LogP contribution is 2.35. The molecule has 1 aliphatic carbocycles. The second kappa shape index (κ2) is 9.41. The van der Waals surface area contributed by atoms with E-state index in [-0.39, 0.29) is 17.9 Å². The molecule has 3 rings (SSSR count). The minimum atomic E-state index is -0.791. The van der Waals surface area contributed by atoms with E-state index in [1.165, 1.54) is 22.5 Å². The molecule has 1 aromatic heterocycles. The number of carboxylic acid groups (broad SMARTS) is 1. The van der Waals surface area contributed by atoms with Gasteiger partial charge in [0.15, 0.2) is 0 Å². The molecule has 1 heterocycles. The Morgan fingerprint density at radius 2 is 1.90 bits per heavy atom. The molecule has 0 saturated carbocycles. The van der Waals surface area contributed by atoms with Crippen molar-refractivity contribution in [3.63, 3.8) is 0 Å². The molecule has 0 spiro atoms. The first kappa shape index (κ1) is 22.0. The number of nitrogens with one attached hydrogen (secondary N) is 1. The standard InChI is InChI=1S/C24H33NO3S/c1-4-17(13-22(27)28)20-9-10-29-23(20)21(26)15-25-24(2,3)14-16-11-18-7-5-6-8-19(18)12-16/h5-10,16-17,21,25-26H,4,11-15H2,1-3H3,(H,27,28). The van der Waals surface area contributed by atoms with Gasteiger partial charge in [0.2, 0.25) is 0 Å². The summed E-state index contributed by atoms with van der Waals surface area (Å²) < 4.78 is 0. The molecular weight excluding hydrogens is 382 g/mol. The highest BCUT2D eigenvalue weighted by molar-refractivity contribution is 7.10. The molecule has 3 N–H and O–H groups in total. The van der Waals surface area contributed by atoms with Crippen molar-refractivity contribution in [3.8, 4) is 0 Å². The first-order chi connectivity index (χ1) is 13.8. The molecule has 29 heavy (non-hydrogen) atoms. The van der Waals surface area contributed by atoms with Gasteiger partial charge in [-0.15, -0.1) is 11.3 Å². The lowest BCUT2D eigenvalue weighted by Gasteiger charge is -2.31. The summed E-state index contributed by atoms with van der Waals surface area (Å²) in [5.41, 5.74) is 3.86. The van der Waals surface area contributed by atoms with Gasteiger partial charge in [0, 0.05) is 17.0 Å². The van der Waals surface area contributed by atoms with Crippen molar-refractivity contribution in [2.24, 2.45) is 5.92 Å². The van der Waals surface area contributed by atoms with Crippen LogP contribution in [-0.4, -0.2) is 28.3 Å². The number of carboxylic acids is 1. The Hall–Kier alpha value is -1.69. The number of benzene rings is 1. The average Bonchev–Trinajstić information content (AvgIpc) is 3.30. The van der Waals surface area contributed by atoms with Crippen molar-refractivity contribution in [1.29, 1.82) is 0 Å². The van der Waals surface area contributed by atoms with Crippen LogP contribution in [-0.2, 0) is 17.6 Å². The summed E-state index contributed by atoms with van der Waals surface area (Å²) in [6.07, 6.45) is 3.56. The SMILES string of the molecule is CCC(CC(=O)O)c1ccsc1C(O)CNC(C)(C)CC1Cc2ccccc2C1. The lowest BCUT2D eigenvalue weighted by atomic mass is 9.88. The number of hydrogen-bond acceptors (Lipinski definition) is 4. The fourth-order valence-corrected chi connectivity index (χ4v) is 5.65. The van der Waals surface area contributed by atoms with Gasteiger partial charge in [0.05, 0.1) is 6.42 Å². The smallest absolute Gasteiger partial charge is 0.303 e. The molecule has 0 bridgehead atoms. The van der Waals surface area contributed by atoms with Gasteiger partial charge >= 0.3 is 5.97 Å². The van der Waals surface area contributed by atoms with Gasteiger partial charge in [-0.05, 0) is 79.5 Å². The summed E-state index contributed by atoms with van der Waals surface area (Å²) in [5.74, 6) is -0.210. The largest absolute Gasteiger partial charge is 0.481 e. The number of carbonyl (C=O) groups is 1. The van der Waals surface area contributed by atoms with E-state index in [0.717, 1.165) is 36.1 Å². The van der Waals surface area contributed by atoms with Crippen LogP contribution < -0.4 is 5.32 Å². The Bertz CT molecular complexity index is 804. The molecule has 5 heteroatoms. The molecule has 2 aromatic rings. The summed E-state index contributed by atoms with van der Waals surface area (Å²) in [6.45, 7) is 6.89. The van der Waals surface area contributed by atoms with Crippen molar-refractivity contribution in [2.45, 2.75) is 70.4 Å². The summed E-state index contributed by atoms with van der Waals surface area (Å²) in [4.78, 5) is 12.1. The first-order valence-electron chi connectivity index (χ1n) is 10.6. The minimum Gasteiger partial charge on any atom is -0.481 e. The van der Waals surface area contributed by atoms with Crippen molar-refractivity contribution >= 4 is 17.3 Å². The number of aliphatic hydroxyl groups is 1. The predicted octanol–water partition coefficient (Wildman–Crippen LogP) is 4.92. The van der Waals surface area contributed by atoms with Crippen LogP contribution in [0.25, 0.3) is 0 Å². The molecule has 0 radical (unpaired) electrons. The average molecular weight is 416 g/mol. The fourth-order valence-electron chi connectivity index (χ4n) is 4.68. The number of β-amino-alcohol motifs (C(OH)–C–C–N with tert-alkyl or cyclic N) is 1. The Labute approximate surface area is 178 Å². The Balaban J connectivity index is 1.57. The first-order valence-corrected chi connectivity index (χ1v) is 11.5. The third kappa shape index (κ3) is 5.68. The van der Waals surface area contributed by atoms with Crippen LogP contribution in [0.4, 0.5) is 0 Å². The zero-order valence-electron chi connectivity index (χ0n) is 17.6. The van der Waals surface area contributed by atoms with E-state index >= 15 is 0 Å². The molecule has 2 atom stereocenters. The van der Waals surface area contributed by atoms with Gasteiger partial charge in [-0.2, -0.15) is 0 Å².